The van der Waals surface area contributed by atoms with Crippen LogP contribution in [0.5, 0.6) is 11.5 Å². The third kappa shape index (κ3) is 3.78. The summed E-state index contributed by atoms with van der Waals surface area (Å²) in [5.41, 5.74) is 7.46. The van der Waals surface area contributed by atoms with Gasteiger partial charge in [0.05, 0.1) is 24.6 Å². The molecule has 0 unspecified atom stereocenters. The van der Waals surface area contributed by atoms with Gasteiger partial charge in [-0.25, -0.2) is 0 Å². The molecule has 3 aromatic carbocycles. The molecule has 4 heteroatoms. The van der Waals surface area contributed by atoms with E-state index >= 15 is 0 Å². The van der Waals surface area contributed by atoms with Gasteiger partial charge < -0.3 is 19.4 Å². The van der Waals surface area contributed by atoms with Crippen molar-refractivity contribution in [3.8, 4) is 28.3 Å². The normalized spacial score (nSPS) is 14.9. The molecule has 4 aromatic rings. The van der Waals surface area contributed by atoms with Crippen molar-refractivity contribution in [1.82, 2.24) is 4.57 Å². The van der Waals surface area contributed by atoms with Gasteiger partial charge in [-0.15, -0.1) is 0 Å². The zero-order chi connectivity index (χ0) is 21.9. The van der Waals surface area contributed by atoms with Crippen LogP contribution >= 0.6 is 0 Å². The Morgan fingerprint density at radius 3 is 2.22 bits per heavy atom. The van der Waals surface area contributed by atoms with Crippen molar-refractivity contribution in [1.29, 1.82) is 0 Å². The first-order chi connectivity index (χ1) is 15.8. The Bertz CT molecular complexity index is 1200. The summed E-state index contributed by atoms with van der Waals surface area (Å²) in [4.78, 5) is 0. The third-order valence-electron chi connectivity index (χ3n) is 6.05. The highest BCUT2D eigenvalue weighted by molar-refractivity contribution is 5.63. The number of ether oxygens (including phenoxy) is 2. The van der Waals surface area contributed by atoms with Crippen molar-refractivity contribution < 1.29 is 14.8 Å². The molecule has 0 spiro atoms. The van der Waals surface area contributed by atoms with Crippen molar-refractivity contribution in [2.75, 3.05) is 13.2 Å². The van der Waals surface area contributed by atoms with Crippen molar-refractivity contribution >= 4 is 0 Å². The highest BCUT2D eigenvalue weighted by Crippen LogP contribution is 2.36. The van der Waals surface area contributed by atoms with Gasteiger partial charge in [0.1, 0.15) is 6.54 Å². The maximum Gasteiger partial charge on any atom is 0.163 e. The summed E-state index contributed by atoms with van der Waals surface area (Å²) in [5, 5.41) is 2.41. The zero-order valence-electron chi connectivity index (χ0n) is 18.6. The molecule has 0 saturated carbocycles. The summed E-state index contributed by atoms with van der Waals surface area (Å²) < 4.78 is 14.1. The van der Waals surface area contributed by atoms with E-state index in [-0.39, 0.29) is 6.04 Å². The van der Waals surface area contributed by atoms with Gasteiger partial charge in [0, 0.05) is 23.4 Å². The van der Waals surface area contributed by atoms with Crippen molar-refractivity contribution in [3.05, 3.63) is 102 Å². The lowest BCUT2D eigenvalue weighted by Crippen LogP contribution is -2.83. The van der Waals surface area contributed by atoms with E-state index in [0.29, 0.717) is 13.2 Å². The number of nitrogens with two attached hydrogens (primary N) is 1. The maximum atomic E-state index is 5.91. The van der Waals surface area contributed by atoms with Crippen LogP contribution in [0, 0.1) is 0 Å². The van der Waals surface area contributed by atoms with E-state index in [2.05, 4.69) is 94.9 Å². The number of rotatable bonds is 6. The van der Waals surface area contributed by atoms with E-state index < -0.39 is 0 Å². The molecule has 1 atom stereocenters. The number of fused-ring (bicyclic) bond motifs is 3. The van der Waals surface area contributed by atoms with Crippen LogP contribution in [0.2, 0.25) is 0 Å². The lowest BCUT2D eigenvalue weighted by molar-refractivity contribution is -0.702. The fourth-order valence-electron chi connectivity index (χ4n) is 4.57. The number of quaternary nitrogens is 1. The molecule has 2 heterocycles. The Morgan fingerprint density at radius 2 is 1.50 bits per heavy atom. The van der Waals surface area contributed by atoms with Crippen LogP contribution < -0.4 is 14.8 Å². The summed E-state index contributed by atoms with van der Waals surface area (Å²) >= 11 is 0. The summed E-state index contributed by atoms with van der Waals surface area (Å²) in [7, 11) is 0. The molecular weight excluding hydrogens is 396 g/mol. The molecule has 1 aliphatic rings. The van der Waals surface area contributed by atoms with E-state index in [4.69, 9.17) is 9.47 Å². The molecule has 4 nitrogen and oxygen atoms in total. The van der Waals surface area contributed by atoms with Crippen LogP contribution in [-0.2, 0) is 6.54 Å². The maximum absolute atomic E-state index is 5.91. The van der Waals surface area contributed by atoms with Crippen LogP contribution in [0.15, 0.2) is 85.1 Å². The highest BCUT2D eigenvalue weighted by atomic mass is 16.5. The Hall–Kier alpha value is -3.50. The number of hydrogen-bond acceptors (Lipinski definition) is 2. The second-order valence-electron chi connectivity index (χ2n) is 8.00. The van der Waals surface area contributed by atoms with Crippen molar-refractivity contribution in [2.45, 2.75) is 26.4 Å². The van der Waals surface area contributed by atoms with Gasteiger partial charge in [0.15, 0.2) is 17.5 Å². The molecule has 162 valence electrons. The van der Waals surface area contributed by atoms with Gasteiger partial charge in [-0.1, -0.05) is 54.6 Å². The first-order valence-electron chi connectivity index (χ1n) is 11.4. The minimum Gasteiger partial charge on any atom is -0.490 e. The highest BCUT2D eigenvalue weighted by Gasteiger charge is 2.27. The second kappa shape index (κ2) is 8.93. The minimum absolute atomic E-state index is 0.216. The molecule has 0 bridgehead atoms. The van der Waals surface area contributed by atoms with Gasteiger partial charge in [-0.3, -0.25) is 0 Å². The zero-order valence-corrected chi connectivity index (χ0v) is 18.6. The lowest BCUT2D eigenvalue weighted by Gasteiger charge is -2.16. The Kier molecular flexibility index (Phi) is 5.70. The summed E-state index contributed by atoms with van der Waals surface area (Å²) in [6.45, 7) is 6.11. The molecule has 2 N–H and O–H groups in total. The van der Waals surface area contributed by atoms with Gasteiger partial charge in [-0.2, -0.15) is 0 Å². The predicted molar refractivity (Wildman–Crippen MR) is 127 cm³/mol. The van der Waals surface area contributed by atoms with E-state index in [0.717, 1.165) is 23.7 Å². The third-order valence-corrected chi connectivity index (χ3v) is 6.05. The Balaban J connectivity index is 1.52. The number of aromatic nitrogens is 1. The molecule has 5 rings (SSSR count). The fourth-order valence-corrected chi connectivity index (χ4v) is 4.57. The van der Waals surface area contributed by atoms with Crippen LogP contribution in [-0.4, -0.2) is 17.8 Å². The minimum atomic E-state index is 0.216. The van der Waals surface area contributed by atoms with Crippen LogP contribution in [0.1, 0.15) is 36.7 Å². The number of benzene rings is 3. The van der Waals surface area contributed by atoms with Crippen molar-refractivity contribution in [2.24, 2.45) is 0 Å². The molecule has 0 fully saturated rings. The van der Waals surface area contributed by atoms with Crippen LogP contribution in [0.25, 0.3) is 16.8 Å². The van der Waals surface area contributed by atoms with Gasteiger partial charge in [0.25, 0.3) is 0 Å². The summed E-state index contributed by atoms with van der Waals surface area (Å²) in [5.74, 6) is 1.62. The Labute approximate surface area is 189 Å². The standard InChI is InChI=1S/C28H28N2O2/c1-3-31-26-17-23-19-29-28(22-14-12-21(13-15-22)20-9-6-5-7-10-20)24-11-8-16-30(24)25(23)18-27(26)32-4-2/h5-18,28-29H,3-4,19H2,1-2H3/p+1/t28-/m1/s1. The average molecular weight is 426 g/mol. The number of hydrogen-bond donors (Lipinski definition) is 1. The molecule has 1 aliphatic heterocycles. The van der Waals surface area contributed by atoms with Gasteiger partial charge in [-0.05, 0) is 43.2 Å². The molecule has 0 amide bonds. The quantitative estimate of drug-likeness (QED) is 0.466. The second-order valence-corrected chi connectivity index (χ2v) is 8.00. The predicted octanol–water partition coefficient (Wildman–Crippen LogP) is 5.11. The molecule has 32 heavy (non-hydrogen) atoms. The molecule has 1 aromatic heterocycles. The largest absolute Gasteiger partial charge is 0.490 e. The average Bonchev–Trinajstić information content (AvgIpc) is 3.26. The van der Waals surface area contributed by atoms with Crippen LogP contribution in [0.3, 0.4) is 0 Å². The SMILES string of the molecule is CCOc1cc2c(cc1OCC)-n1cccc1[C@@H](c1ccc(-c3ccccc3)cc1)[NH2+]C2. The molecule has 0 saturated heterocycles. The van der Waals surface area contributed by atoms with Gasteiger partial charge >= 0.3 is 0 Å². The molecular formula is C28H29N2O2+. The monoisotopic (exact) mass is 425 g/mol. The summed E-state index contributed by atoms with van der Waals surface area (Å²) in [6, 6.07) is 28.3. The van der Waals surface area contributed by atoms with Crippen LogP contribution in [0.4, 0.5) is 0 Å². The first kappa shape index (κ1) is 20.4. The van der Waals surface area contributed by atoms with E-state index in [1.54, 1.807) is 0 Å². The smallest absolute Gasteiger partial charge is 0.163 e. The summed E-state index contributed by atoms with van der Waals surface area (Å²) in [6.07, 6.45) is 2.15. The van der Waals surface area contributed by atoms with E-state index in [1.165, 1.54) is 27.9 Å². The first-order valence-corrected chi connectivity index (χ1v) is 11.4. The fraction of sp³-hybridized carbons (Fsp3) is 0.214. The number of nitrogens with zero attached hydrogens (tertiary/aromatic N) is 1. The van der Waals surface area contributed by atoms with E-state index in [9.17, 15) is 0 Å². The Morgan fingerprint density at radius 1 is 0.812 bits per heavy atom. The van der Waals surface area contributed by atoms with Gasteiger partial charge in [0.2, 0.25) is 0 Å². The molecule has 0 aliphatic carbocycles. The lowest BCUT2D eigenvalue weighted by atomic mass is 9.99. The molecule has 0 radical (unpaired) electrons. The topological polar surface area (TPSA) is 40.0 Å². The van der Waals surface area contributed by atoms with E-state index in [1.807, 2.05) is 13.8 Å². The van der Waals surface area contributed by atoms with Crippen molar-refractivity contribution in [3.63, 3.8) is 0 Å².